The first-order valence-electron chi connectivity index (χ1n) is 6.80. The van der Waals surface area contributed by atoms with E-state index in [0.717, 1.165) is 17.0 Å². The van der Waals surface area contributed by atoms with Crippen molar-refractivity contribution in [2.24, 2.45) is 0 Å². The highest BCUT2D eigenvalue weighted by molar-refractivity contribution is 6.36. The summed E-state index contributed by atoms with van der Waals surface area (Å²) in [5.41, 5.74) is 1.82. The maximum atomic E-state index is 6.22. The fraction of sp³-hybridized carbons (Fsp3) is 0.250. The molecule has 5 heteroatoms. The maximum absolute atomic E-state index is 6.22. The van der Waals surface area contributed by atoms with E-state index in [1.807, 2.05) is 37.3 Å². The second kappa shape index (κ2) is 6.04. The Kier molecular flexibility index (Phi) is 4.13. The molecular formula is C16H15Cl2NO2. The third kappa shape index (κ3) is 2.89. The van der Waals surface area contributed by atoms with Crippen molar-refractivity contribution < 1.29 is 9.47 Å². The van der Waals surface area contributed by atoms with Gasteiger partial charge in [0.1, 0.15) is 11.9 Å². The highest BCUT2D eigenvalue weighted by Gasteiger charge is 2.25. The standard InChI is InChI=1S/C16H15Cl2NO2/c1-2-20-14-6-4-3-5-11(14)15-9-19-13-8-10(17)7-12(18)16(13)21-15/h3-8,15,19H,2,9H2,1H3. The Morgan fingerprint density at radius 3 is 2.90 bits per heavy atom. The topological polar surface area (TPSA) is 30.5 Å². The van der Waals surface area contributed by atoms with Crippen LogP contribution >= 0.6 is 23.2 Å². The summed E-state index contributed by atoms with van der Waals surface area (Å²) in [4.78, 5) is 0. The lowest BCUT2D eigenvalue weighted by atomic mass is 10.1. The molecule has 1 N–H and O–H groups in total. The fourth-order valence-electron chi connectivity index (χ4n) is 2.40. The Labute approximate surface area is 133 Å². The molecule has 110 valence electrons. The molecule has 0 bridgehead atoms. The van der Waals surface area contributed by atoms with Crippen LogP contribution in [0.1, 0.15) is 18.6 Å². The van der Waals surface area contributed by atoms with Crippen LogP contribution in [-0.4, -0.2) is 13.2 Å². The number of fused-ring (bicyclic) bond motifs is 1. The minimum Gasteiger partial charge on any atom is -0.493 e. The summed E-state index contributed by atoms with van der Waals surface area (Å²) in [5.74, 6) is 1.46. The second-order valence-electron chi connectivity index (χ2n) is 4.72. The van der Waals surface area contributed by atoms with Crippen molar-refractivity contribution in [1.29, 1.82) is 0 Å². The zero-order chi connectivity index (χ0) is 14.8. The quantitative estimate of drug-likeness (QED) is 0.868. The first-order chi connectivity index (χ1) is 10.2. The average molecular weight is 324 g/mol. The molecule has 0 radical (unpaired) electrons. The summed E-state index contributed by atoms with van der Waals surface area (Å²) in [6.07, 6.45) is -0.154. The predicted molar refractivity (Wildman–Crippen MR) is 85.9 cm³/mol. The Morgan fingerprint density at radius 2 is 2.10 bits per heavy atom. The van der Waals surface area contributed by atoms with E-state index in [-0.39, 0.29) is 6.10 Å². The van der Waals surface area contributed by atoms with Crippen LogP contribution in [0.5, 0.6) is 11.5 Å². The number of para-hydroxylation sites is 1. The van der Waals surface area contributed by atoms with Gasteiger partial charge in [-0.1, -0.05) is 41.4 Å². The number of hydrogen-bond acceptors (Lipinski definition) is 3. The van der Waals surface area contributed by atoms with Crippen LogP contribution in [0, 0.1) is 0 Å². The van der Waals surface area contributed by atoms with Gasteiger partial charge in [-0.3, -0.25) is 0 Å². The van der Waals surface area contributed by atoms with Gasteiger partial charge in [-0.05, 0) is 25.1 Å². The molecule has 0 saturated heterocycles. The smallest absolute Gasteiger partial charge is 0.162 e. The number of ether oxygens (including phenoxy) is 2. The number of halogens is 2. The van der Waals surface area contributed by atoms with Crippen molar-refractivity contribution in [3.63, 3.8) is 0 Å². The van der Waals surface area contributed by atoms with Gasteiger partial charge >= 0.3 is 0 Å². The fourth-order valence-corrected chi connectivity index (χ4v) is 2.94. The SMILES string of the molecule is CCOc1ccccc1C1CNc2cc(Cl)cc(Cl)c2O1. The van der Waals surface area contributed by atoms with Gasteiger partial charge in [0, 0.05) is 10.6 Å². The highest BCUT2D eigenvalue weighted by atomic mass is 35.5. The monoisotopic (exact) mass is 323 g/mol. The number of nitrogens with one attached hydrogen (secondary N) is 1. The largest absolute Gasteiger partial charge is 0.493 e. The van der Waals surface area contributed by atoms with Gasteiger partial charge in [-0.15, -0.1) is 0 Å². The predicted octanol–water partition coefficient (Wildman–Crippen LogP) is 4.94. The molecule has 2 aromatic rings. The summed E-state index contributed by atoms with van der Waals surface area (Å²) in [6.45, 7) is 3.21. The summed E-state index contributed by atoms with van der Waals surface area (Å²) in [5, 5.41) is 4.40. The molecule has 1 aliphatic heterocycles. The van der Waals surface area contributed by atoms with E-state index in [0.29, 0.717) is 28.9 Å². The molecule has 3 nitrogen and oxygen atoms in total. The zero-order valence-corrected chi connectivity index (χ0v) is 13.0. The third-order valence-corrected chi connectivity index (χ3v) is 3.81. The Hall–Kier alpha value is -1.58. The Balaban J connectivity index is 1.93. The van der Waals surface area contributed by atoms with Crippen LogP contribution in [0.3, 0.4) is 0 Å². The molecule has 2 aromatic carbocycles. The molecule has 1 aliphatic rings. The van der Waals surface area contributed by atoms with E-state index in [9.17, 15) is 0 Å². The van der Waals surface area contributed by atoms with Crippen molar-refractivity contribution in [2.45, 2.75) is 13.0 Å². The van der Waals surface area contributed by atoms with Gasteiger partial charge in [0.2, 0.25) is 0 Å². The van der Waals surface area contributed by atoms with E-state index in [4.69, 9.17) is 32.7 Å². The molecule has 0 aliphatic carbocycles. The molecule has 0 saturated carbocycles. The van der Waals surface area contributed by atoms with Gasteiger partial charge in [0.25, 0.3) is 0 Å². The Bertz CT molecular complexity index is 661. The van der Waals surface area contributed by atoms with Crippen molar-refractivity contribution in [1.82, 2.24) is 0 Å². The van der Waals surface area contributed by atoms with Gasteiger partial charge in [0.05, 0.1) is 23.9 Å². The van der Waals surface area contributed by atoms with Crippen LogP contribution in [-0.2, 0) is 0 Å². The van der Waals surface area contributed by atoms with Crippen LogP contribution in [0.25, 0.3) is 0 Å². The lowest BCUT2D eigenvalue weighted by molar-refractivity contribution is 0.203. The van der Waals surface area contributed by atoms with Crippen molar-refractivity contribution in [3.05, 3.63) is 52.0 Å². The van der Waals surface area contributed by atoms with Gasteiger partial charge in [-0.25, -0.2) is 0 Å². The van der Waals surface area contributed by atoms with Crippen LogP contribution < -0.4 is 14.8 Å². The van der Waals surface area contributed by atoms with E-state index < -0.39 is 0 Å². The Morgan fingerprint density at radius 1 is 1.29 bits per heavy atom. The first-order valence-corrected chi connectivity index (χ1v) is 7.56. The van der Waals surface area contributed by atoms with E-state index in [2.05, 4.69) is 5.32 Å². The minimum absolute atomic E-state index is 0.154. The van der Waals surface area contributed by atoms with Gasteiger partial charge < -0.3 is 14.8 Å². The summed E-state index contributed by atoms with van der Waals surface area (Å²) in [7, 11) is 0. The van der Waals surface area contributed by atoms with Crippen LogP contribution in [0.15, 0.2) is 36.4 Å². The number of rotatable bonds is 3. The molecule has 1 unspecified atom stereocenters. The lowest BCUT2D eigenvalue weighted by Gasteiger charge is -2.29. The second-order valence-corrected chi connectivity index (χ2v) is 5.57. The van der Waals surface area contributed by atoms with Crippen molar-refractivity contribution >= 4 is 28.9 Å². The molecule has 0 spiro atoms. The molecule has 0 amide bonds. The van der Waals surface area contributed by atoms with Gasteiger partial charge in [-0.2, -0.15) is 0 Å². The molecule has 0 aromatic heterocycles. The van der Waals surface area contributed by atoms with E-state index in [1.165, 1.54) is 0 Å². The average Bonchev–Trinajstić information content (AvgIpc) is 2.48. The molecule has 21 heavy (non-hydrogen) atoms. The number of anilines is 1. The third-order valence-electron chi connectivity index (χ3n) is 3.31. The summed E-state index contributed by atoms with van der Waals surface area (Å²) in [6, 6.07) is 11.4. The summed E-state index contributed by atoms with van der Waals surface area (Å²) < 4.78 is 11.7. The van der Waals surface area contributed by atoms with Crippen LogP contribution in [0.2, 0.25) is 10.0 Å². The molecule has 3 rings (SSSR count). The molecular weight excluding hydrogens is 309 g/mol. The maximum Gasteiger partial charge on any atom is 0.162 e. The number of benzene rings is 2. The van der Waals surface area contributed by atoms with Crippen molar-refractivity contribution in [3.8, 4) is 11.5 Å². The number of hydrogen-bond donors (Lipinski definition) is 1. The van der Waals surface area contributed by atoms with E-state index >= 15 is 0 Å². The molecule has 1 atom stereocenters. The molecule has 0 fully saturated rings. The van der Waals surface area contributed by atoms with Gasteiger partial charge in [0.15, 0.2) is 5.75 Å². The first kappa shape index (κ1) is 14.4. The highest BCUT2D eigenvalue weighted by Crippen LogP contribution is 2.43. The lowest BCUT2D eigenvalue weighted by Crippen LogP contribution is -2.24. The minimum atomic E-state index is -0.154. The summed E-state index contributed by atoms with van der Waals surface area (Å²) >= 11 is 12.2. The normalized spacial score (nSPS) is 16.6. The van der Waals surface area contributed by atoms with E-state index in [1.54, 1.807) is 6.07 Å². The van der Waals surface area contributed by atoms with Crippen molar-refractivity contribution in [2.75, 3.05) is 18.5 Å². The zero-order valence-electron chi connectivity index (χ0n) is 11.5. The molecule has 1 heterocycles. The van der Waals surface area contributed by atoms with Crippen LogP contribution in [0.4, 0.5) is 5.69 Å².